The van der Waals surface area contributed by atoms with Gasteiger partial charge in [0.2, 0.25) is 0 Å². The summed E-state index contributed by atoms with van der Waals surface area (Å²) in [6.45, 7) is 4.51. The van der Waals surface area contributed by atoms with Gasteiger partial charge in [-0.15, -0.1) is 6.58 Å². The first-order valence-electron chi connectivity index (χ1n) is 5.50. The van der Waals surface area contributed by atoms with Gasteiger partial charge in [-0.05, 0) is 0 Å². The molecule has 0 aliphatic heterocycles. The summed E-state index contributed by atoms with van der Waals surface area (Å²) in [5, 5.41) is 9.79. The van der Waals surface area contributed by atoms with Crippen LogP contribution in [0.5, 0.6) is 0 Å². The van der Waals surface area contributed by atoms with Crippen LogP contribution < -0.4 is 5.73 Å². The van der Waals surface area contributed by atoms with Crippen LogP contribution in [0.4, 0.5) is 5.82 Å². The number of anilines is 1. The van der Waals surface area contributed by atoms with Crippen molar-refractivity contribution in [2.24, 2.45) is 0 Å². The molecule has 2 aromatic rings. The number of rotatable bonds is 6. The van der Waals surface area contributed by atoms with Gasteiger partial charge in [0.1, 0.15) is 11.8 Å². The minimum absolute atomic E-state index is 0.228. The zero-order chi connectivity index (χ0) is 13.0. The quantitative estimate of drug-likeness (QED) is 0.551. The Bertz CT molecular complexity index is 539. The second-order valence-electron chi connectivity index (χ2n) is 3.81. The highest BCUT2D eigenvalue weighted by Crippen LogP contribution is 2.14. The number of ether oxygens (including phenoxy) is 1. The number of aliphatic hydroxyl groups excluding tert-OH is 1. The number of imidazole rings is 1. The largest absolute Gasteiger partial charge is 0.389 e. The van der Waals surface area contributed by atoms with E-state index in [4.69, 9.17) is 10.5 Å². The first-order valence-corrected chi connectivity index (χ1v) is 5.50. The normalized spacial score (nSPS) is 12.7. The summed E-state index contributed by atoms with van der Waals surface area (Å²) < 4.78 is 6.89. The van der Waals surface area contributed by atoms with Crippen LogP contribution in [0.25, 0.3) is 11.2 Å². The average Bonchev–Trinajstić information content (AvgIpc) is 2.74. The van der Waals surface area contributed by atoms with E-state index in [9.17, 15) is 5.11 Å². The molecule has 96 valence electrons. The fourth-order valence-corrected chi connectivity index (χ4v) is 1.60. The Labute approximate surface area is 104 Å². The number of nitrogens with two attached hydrogens (primary N) is 1. The molecule has 3 N–H and O–H groups in total. The van der Waals surface area contributed by atoms with E-state index >= 15 is 0 Å². The summed E-state index contributed by atoms with van der Waals surface area (Å²) in [6.07, 6.45) is 3.94. The van der Waals surface area contributed by atoms with Crippen LogP contribution in [0.3, 0.4) is 0 Å². The van der Waals surface area contributed by atoms with E-state index in [1.807, 2.05) is 0 Å². The molecule has 18 heavy (non-hydrogen) atoms. The van der Waals surface area contributed by atoms with Gasteiger partial charge in [0.05, 0.1) is 32.2 Å². The van der Waals surface area contributed by atoms with E-state index in [1.54, 1.807) is 17.0 Å². The maximum Gasteiger partial charge on any atom is 0.165 e. The van der Waals surface area contributed by atoms with Crippen molar-refractivity contribution >= 4 is 17.0 Å². The highest BCUT2D eigenvalue weighted by Gasteiger charge is 2.11. The van der Waals surface area contributed by atoms with Crippen LogP contribution in [-0.4, -0.2) is 43.9 Å². The molecule has 0 radical (unpaired) electrons. The second kappa shape index (κ2) is 5.56. The predicted molar refractivity (Wildman–Crippen MR) is 66.8 cm³/mol. The van der Waals surface area contributed by atoms with E-state index in [0.29, 0.717) is 30.1 Å². The van der Waals surface area contributed by atoms with E-state index in [1.165, 1.54) is 6.33 Å². The molecule has 0 spiro atoms. The van der Waals surface area contributed by atoms with Crippen molar-refractivity contribution in [2.45, 2.75) is 12.6 Å². The molecule has 2 heterocycles. The number of fused-ring (bicyclic) bond motifs is 1. The van der Waals surface area contributed by atoms with Crippen molar-refractivity contribution in [1.29, 1.82) is 0 Å². The van der Waals surface area contributed by atoms with E-state index in [0.717, 1.165) is 0 Å². The van der Waals surface area contributed by atoms with Crippen molar-refractivity contribution in [2.75, 3.05) is 18.9 Å². The highest BCUT2D eigenvalue weighted by molar-refractivity contribution is 5.81. The van der Waals surface area contributed by atoms with E-state index < -0.39 is 6.10 Å². The molecule has 0 fully saturated rings. The van der Waals surface area contributed by atoms with Gasteiger partial charge in [-0.3, -0.25) is 0 Å². The van der Waals surface area contributed by atoms with Gasteiger partial charge < -0.3 is 20.1 Å². The second-order valence-corrected chi connectivity index (χ2v) is 3.81. The van der Waals surface area contributed by atoms with Crippen LogP contribution in [0.2, 0.25) is 0 Å². The molecule has 0 bridgehead atoms. The number of nitrogen functional groups attached to an aromatic ring is 1. The minimum Gasteiger partial charge on any atom is -0.389 e. The van der Waals surface area contributed by atoms with Gasteiger partial charge in [-0.1, -0.05) is 6.08 Å². The zero-order valence-electron chi connectivity index (χ0n) is 9.86. The number of nitrogens with zero attached hydrogens (tertiary/aromatic N) is 4. The standard InChI is InChI=1S/C11H15N5O2/c1-2-3-18-5-8(17)4-16-7-15-9-10(12)13-6-14-11(9)16/h2,6-8,17H,1,3-5H2,(H2,12,13,14). The Hall–Kier alpha value is -1.99. The molecule has 7 heteroatoms. The molecular formula is C11H15N5O2. The maximum atomic E-state index is 9.79. The first-order chi connectivity index (χ1) is 8.72. The lowest BCUT2D eigenvalue weighted by atomic mass is 10.3. The lowest BCUT2D eigenvalue weighted by Gasteiger charge is -2.11. The van der Waals surface area contributed by atoms with Crippen molar-refractivity contribution in [3.63, 3.8) is 0 Å². The summed E-state index contributed by atoms with van der Waals surface area (Å²) in [6, 6.07) is 0. The minimum atomic E-state index is -0.640. The Balaban J connectivity index is 2.07. The molecular weight excluding hydrogens is 234 g/mol. The fourth-order valence-electron chi connectivity index (χ4n) is 1.60. The van der Waals surface area contributed by atoms with Crippen LogP contribution in [-0.2, 0) is 11.3 Å². The Kier molecular flexibility index (Phi) is 3.85. The van der Waals surface area contributed by atoms with E-state index in [-0.39, 0.29) is 6.61 Å². The number of aliphatic hydroxyl groups is 1. The van der Waals surface area contributed by atoms with Gasteiger partial charge in [0, 0.05) is 0 Å². The van der Waals surface area contributed by atoms with Crippen LogP contribution in [0.1, 0.15) is 0 Å². The van der Waals surface area contributed by atoms with Gasteiger partial charge in [0.25, 0.3) is 0 Å². The third kappa shape index (κ3) is 2.63. The molecule has 7 nitrogen and oxygen atoms in total. The fraction of sp³-hybridized carbons (Fsp3) is 0.364. The summed E-state index contributed by atoms with van der Waals surface area (Å²) in [5.41, 5.74) is 6.81. The van der Waals surface area contributed by atoms with E-state index in [2.05, 4.69) is 21.5 Å². The lowest BCUT2D eigenvalue weighted by Crippen LogP contribution is -2.21. The molecule has 0 saturated carbocycles. The van der Waals surface area contributed by atoms with Crippen molar-refractivity contribution in [3.05, 3.63) is 25.3 Å². The maximum absolute atomic E-state index is 9.79. The molecule has 2 aromatic heterocycles. The number of aromatic nitrogens is 4. The predicted octanol–water partition coefficient (Wildman–Crippen LogP) is -0.0280. The monoisotopic (exact) mass is 249 g/mol. The smallest absolute Gasteiger partial charge is 0.165 e. The Morgan fingerprint density at radius 2 is 2.33 bits per heavy atom. The van der Waals surface area contributed by atoms with Crippen molar-refractivity contribution in [1.82, 2.24) is 19.5 Å². The molecule has 0 amide bonds. The molecule has 1 unspecified atom stereocenters. The lowest BCUT2D eigenvalue weighted by molar-refractivity contribution is 0.0402. The summed E-state index contributed by atoms with van der Waals surface area (Å²) >= 11 is 0. The summed E-state index contributed by atoms with van der Waals surface area (Å²) in [4.78, 5) is 12.1. The van der Waals surface area contributed by atoms with Crippen LogP contribution in [0.15, 0.2) is 25.3 Å². The van der Waals surface area contributed by atoms with Gasteiger partial charge in [-0.25, -0.2) is 15.0 Å². The van der Waals surface area contributed by atoms with Crippen LogP contribution in [0, 0.1) is 0 Å². The molecule has 0 aromatic carbocycles. The van der Waals surface area contributed by atoms with Crippen molar-refractivity contribution in [3.8, 4) is 0 Å². The zero-order valence-corrected chi connectivity index (χ0v) is 9.86. The molecule has 0 aliphatic carbocycles. The van der Waals surface area contributed by atoms with Crippen molar-refractivity contribution < 1.29 is 9.84 Å². The van der Waals surface area contributed by atoms with Gasteiger partial charge in [-0.2, -0.15) is 0 Å². The average molecular weight is 249 g/mol. The Morgan fingerprint density at radius 3 is 3.11 bits per heavy atom. The summed E-state index contributed by atoms with van der Waals surface area (Å²) in [5.74, 6) is 0.330. The summed E-state index contributed by atoms with van der Waals surface area (Å²) in [7, 11) is 0. The molecule has 0 saturated heterocycles. The van der Waals surface area contributed by atoms with Gasteiger partial charge in [0.15, 0.2) is 11.5 Å². The topological polar surface area (TPSA) is 99.1 Å². The number of hydrogen-bond donors (Lipinski definition) is 2. The molecule has 1 atom stereocenters. The van der Waals surface area contributed by atoms with Gasteiger partial charge >= 0.3 is 0 Å². The third-order valence-corrected chi connectivity index (χ3v) is 2.38. The third-order valence-electron chi connectivity index (χ3n) is 2.38. The first kappa shape index (κ1) is 12.5. The molecule has 2 rings (SSSR count). The number of hydrogen-bond acceptors (Lipinski definition) is 6. The highest BCUT2D eigenvalue weighted by atomic mass is 16.5. The Morgan fingerprint density at radius 1 is 1.50 bits per heavy atom. The SMILES string of the molecule is C=CCOCC(O)Cn1cnc2c(N)ncnc21. The van der Waals surface area contributed by atoms with Crippen LogP contribution >= 0.6 is 0 Å². The molecule has 0 aliphatic rings.